The van der Waals surface area contributed by atoms with Crippen LogP contribution in [0.4, 0.5) is 0 Å². The number of hydrogen-bond acceptors (Lipinski definition) is 6. The van der Waals surface area contributed by atoms with Gasteiger partial charge in [-0.05, 0) is 48.7 Å². The van der Waals surface area contributed by atoms with Crippen LogP contribution in [0.5, 0.6) is 11.5 Å². The van der Waals surface area contributed by atoms with Crippen molar-refractivity contribution in [2.24, 2.45) is 11.8 Å². The standard InChI is InChI=1S/C28H30ClN3O5/c1-17(2)19(4)28(34)37-18(3)15-36-25-11-10-23(13-26(25)35-5)31-16-30-32-14-21(12-24(32)27(31)33)20-6-8-22(29)9-7-20/h6-14,16-19H,15H2,1-5H3/t18-,19+/m1/s1. The molecule has 2 heterocycles. The zero-order valence-electron chi connectivity index (χ0n) is 21.5. The Morgan fingerprint density at radius 3 is 2.41 bits per heavy atom. The highest BCUT2D eigenvalue weighted by atomic mass is 35.5. The lowest BCUT2D eigenvalue weighted by Gasteiger charge is -2.20. The number of benzene rings is 2. The molecular formula is C28H30ClN3O5. The molecule has 194 valence electrons. The Hall–Kier alpha value is -3.78. The third-order valence-electron chi connectivity index (χ3n) is 6.30. The summed E-state index contributed by atoms with van der Waals surface area (Å²) in [5, 5.41) is 5.05. The molecule has 2 atom stereocenters. The molecule has 37 heavy (non-hydrogen) atoms. The second kappa shape index (κ2) is 11.1. The second-order valence-electron chi connectivity index (χ2n) is 9.30. The van der Waals surface area contributed by atoms with Gasteiger partial charge >= 0.3 is 5.97 Å². The molecule has 8 nitrogen and oxygen atoms in total. The molecule has 0 aliphatic rings. The van der Waals surface area contributed by atoms with Crippen molar-refractivity contribution in [3.05, 3.63) is 76.4 Å². The molecule has 2 aromatic heterocycles. The minimum atomic E-state index is -0.434. The Balaban J connectivity index is 1.54. The first-order valence-corrected chi connectivity index (χ1v) is 12.4. The molecular weight excluding hydrogens is 494 g/mol. The first kappa shape index (κ1) is 26.3. The van der Waals surface area contributed by atoms with Gasteiger partial charge in [0, 0.05) is 22.8 Å². The molecule has 0 amide bonds. The predicted octanol–water partition coefficient (Wildman–Crippen LogP) is 5.42. The van der Waals surface area contributed by atoms with E-state index in [1.165, 1.54) is 18.0 Å². The van der Waals surface area contributed by atoms with Crippen LogP contribution >= 0.6 is 11.6 Å². The lowest BCUT2D eigenvalue weighted by atomic mass is 9.98. The van der Waals surface area contributed by atoms with Gasteiger partial charge in [0.25, 0.3) is 5.56 Å². The number of fused-ring (bicyclic) bond motifs is 1. The molecule has 0 radical (unpaired) electrons. The van der Waals surface area contributed by atoms with Crippen LogP contribution in [0.3, 0.4) is 0 Å². The summed E-state index contributed by atoms with van der Waals surface area (Å²) in [5.74, 6) is 0.668. The van der Waals surface area contributed by atoms with E-state index in [4.69, 9.17) is 25.8 Å². The van der Waals surface area contributed by atoms with Gasteiger partial charge in [-0.25, -0.2) is 4.52 Å². The maximum absolute atomic E-state index is 13.3. The minimum Gasteiger partial charge on any atom is -0.493 e. The fourth-order valence-electron chi connectivity index (χ4n) is 3.72. The van der Waals surface area contributed by atoms with Crippen molar-refractivity contribution in [3.63, 3.8) is 0 Å². The van der Waals surface area contributed by atoms with Crippen LogP contribution in [-0.4, -0.2) is 40.0 Å². The number of ether oxygens (including phenoxy) is 3. The molecule has 0 unspecified atom stereocenters. The highest BCUT2D eigenvalue weighted by molar-refractivity contribution is 6.30. The Morgan fingerprint density at radius 1 is 1.00 bits per heavy atom. The Labute approximate surface area is 220 Å². The molecule has 0 aliphatic carbocycles. The third-order valence-corrected chi connectivity index (χ3v) is 6.55. The molecule has 0 bridgehead atoms. The zero-order valence-corrected chi connectivity index (χ0v) is 22.2. The molecule has 0 fully saturated rings. The van der Waals surface area contributed by atoms with E-state index in [-0.39, 0.29) is 30.0 Å². The monoisotopic (exact) mass is 523 g/mol. The van der Waals surface area contributed by atoms with Crippen molar-refractivity contribution in [2.45, 2.75) is 33.8 Å². The number of carbonyl (C=O) groups excluding carboxylic acids is 1. The Kier molecular flexibility index (Phi) is 7.88. The van der Waals surface area contributed by atoms with Gasteiger partial charge < -0.3 is 14.2 Å². The number of rotatable bonds is 9. The number of methoxy groups -OCH3 is 1. The van der Waals surface area contributed by atoms with E-state index in [9.17, 15) is 9.59 Å². The largest absolute Gasteiger partial charge is 0.493 e. The Bertz CT molecular complexity index is 1460. The first-order chi connectivity index (χ1) is 17.7. The molecule has 0 aliphatic heterocycles. The van der Waals surface area contributed by atoms with Crippen LogP contribution in [0.2, 0.25) is 5.02 Å². The summed E-state index contributed by atoms with van der Waals surface area (Å²) < 4.78 is 19.9. The normalized spacial score (nSPS) is 12.9. The quantitative estimate of drug-likeness (QED) is 0.272. The van der Waals surface area contributed by atoms with E-state index < -0.39 is 6.10 Å². The topological polar surface area (TPSA) is 84.1 Å². The van der Waals surface area contributed by atoms with Crippen LogP contribution in [0.15, 0.2) is 65.8 Å². The second-order valence-corrected chi connectivity index (χ2v) is 9.73. The number of halogens is 1. The van der Waals surface area contributed by atoms with Crippen molar-refractivity contribution in [1.82, 2.24) is 14.2 Å². The molecule has 0 N–H and O–H groups in total. The molecule has 4 aromatic rings. The van der Waals surface area contributed by atoms with Crippen LogP contribution in [-0.2, 0) is 9.53 Å². The van der Waals surface area contributed by atoms with Gasteiger partial charge in [-0.15, -0.1) is 0 Å². The summed E-state index contributed by atoms with van der Waals surface area (Å²) in [6.45, 7) is 7.75. The highest BCUT2D eigenvalue weighted by Gasteiger charge is 2.21. The maximum atomic E-state index is 13.3. The third kappa shape index (κ3) is 5.80. The lowest BCUT2D eigenvalue weighted by Crippen LogP contribution is -2.27. The average molecular weight is 524 g/mol. The summed E-state index contributed by atoms with van der Waals surface area (Å²) in [7, 11) is 1.52. The number of carbonyl (C=O) groups is 1. The van der Waals surface area contributed by atoms with Crippen LogP contribution < -0.4 is 15.0 Å². The van der Waals surface area contributed by atoms with Crippen molar-refractivity contribution < 1.29 is 19.0 Å². The van der Waals surface area contributed by atoms with Gasteiger partial charge in [0.2, 0.25) is 0 Å². The SMILES string of the molecule is COc1cc(-n2cnn3cc(-c4ccc(Cl)cc4)cc3c2=O)ccc1OC[C@@H](C)OC(=O)[C@@H](C)C(C)C. The molecule has 2 aromatic carbocycles. The van der Waals surface area contributed by atoms with E-state index in [1.807, 2.05) is 32.9 Å². The van der Waals surface area contributed by atoms with E-state index in [0.717, 1.165) is 11.1 Å². The van der Waals surface area contributed by atoms with E-state index in [0.29, 0.717) is 27.7 Å². The summed E-state index contributed by atoms with van der Waals surface area (Å²) in [6.07, 6.45) is 2.84. The van der Waals surface area contributed by atoms with E-state index in [2.05, 4.69) is 5.10 Å². The van der Waals surface area contributed by atoms with Gasteiger partial charge in [-0.2, -0.15) is 5.10 Å². The fraction of sp³-hybridized carbons (Fsp3) is 0.321. The summed E-state index contributed by atoms with van der Waals surface area (Å²) >= 11 is 5.99. The average Bonchev–Trinajstić information content (AvgIpc) is 3.33. The first-order valence-electron chi connectivity index (χ1n) is 12.1. The summed E-state index contributed by atoms with van der Waals surface area (Å²) in [6, 6.07) is 14.4. The van der Waals surface area contributed by atoms with E-state index >= 15 is 0 Å². The number of hydrogen-bond donors (Lipinski definition) is 0. The molecule has 4 rings (SSSR count). The van der Waals surface area contributed by atoms with E-state index in [1.54, 1.807) is 54.0 Å². The van der Waals surface area contributed by atoms with Crippen molar-refractivity contribution >= 4 is 23.1 Å². The van der Waals surface area contributed by atoms with Gasteiger partial charge in [0.15, 0.2) is 11.5 Å². The zero-order chi connectivity index (χ0) is 26.7. The lowest BCUT2D eigenvalue weighted by molar-refractivity contribution is -0.155. The van der Waals surface area contributed by atoms with Gasteiger partial charge in [-0.3, -0.25) is 14.2 Å². The van der Waals surface area contributed by atoms with Crippen molar-refractivity contribution in [2.75, 3.05) is 13.7 Å². The smallest absolute Gasteiger partial charge is 0.309 e. The highest BCUT2D eigenvalue weighted by Crippen LogP contribution is 2.30. The number of aromatic nitrogens is 3. The Morgan fingerprint density at radius 2 is 1.73 bits per heavy atom. The van der Waals surface area contributed by atoms with Gasteiger partial charge in [-0.1, -0.05) is 44.5 Å². The summed E-state index contributed by atoms with van der Waals surface area (Å²) in [5.41, 5.74) is 2.56. The molecule has 0 spiro atoms. The van der Waals surface area contributed by atoms with Crippen molar-refractivity contribution in [3.8, 4) is 28.3 Å². The van der Waals surface area contributed by atoms with Crippen LogP contribution in [0, 0.1) is 11.8 Å². The molecule has 0 saturated heterocycles. The number of esters is 1. The number of nitrogens with zero attached hydrogens (tertiary/aromatic N) is 3. The summed E-state index contributed by atoms with van der Waals surface area (Å²) in [4.78, 5) is 25.5. The van der Waals surface area contributed by atoms with Crippen LogP contribution in [0.1, 0.15) is 27.7 Å². The predicted molar refractivity (Wildman–Crippen MR) is 143 cm³/mol. The fourth-order valence-corrected chi connectivity index (χ4v) is 3.84. The van der Waals surface area contributed by atoms with Crippen LogP contribution in [0.25, 0.3) is 22.3 Å². The van der Waals surface area contributed by atoms with Gasteiger partial charge in [0.1, 0.15) is 24.6 Å². The van der Waals surface area contributed by atoms with Crippen molar-refractivity contribution in [1.29, 1.82) is 0 Å². The van der Waals surface area contributed by atoms with Gasteiger partial charge in [0.05, 0.1) is 18.7 Å². The molecule has 0 saturated carbocycles. The maximum Gasteiger partial charge on any atom is 0.309 e. The molecule has 9 heteroatoms. The minimum absolute atomic E-state index is 0.164.